The summed E-state index contributed by atoms with van der Waals surface area (Å²) in [6.07, 6.45) is 1.72. The summed E-state index contributed by atoms with van der Waals surface area (Å²) in [5.74, 6) is -0.145. The van der Waals surface area contributed by atoms with Gasteiger partial charge in [0.25, 0.3) is 0 Å². The van der Waals surface area contributed by atoms with Crippen LogP contribution in [0.25, 0.3) is 0 Å². The highest BCUT2D eigenvalue weighted by Gasteiger charge is 2.06. The van der Waals surface area contributed by atoms with E-state index < -0.39 is 0 Å². The molecule has 0 spiro atoms. The van der Waals surface area contributed by atoms with Crippen molar-refractivity contribution >= 4 is 11.6 Å². The topological polar surface area (TPSA) is 57.8 Å². The number of nitrogens with zero attached hydrogens (tertiary/aromatic N) is 2. The SMILES string of the molecule is Cc1cccc(NC(=O)Cn2cccc2C#N)c1. The molecule has 1 heterocycles. The van der Waals surface area contributed by atoms with E-state index in [0.29, 0.717) is 5.69 Å². The molecule has 2 aromatic rings. The number of carbonyl (C=O) groups is 1. The Labute approximate surface area is 105 Å². The van der Waals surface area contributed by atoms with Gasteiger partial charge in [-0.2, -0.15) is 5.26 Å². The fraction of sp³-hybridized carbons (Fsp3) is 0.143. The minimum Gasteiger partial charge on any atom is -0.330 e. The summed E-state index contributed by atoms with van der Waals surface area (Å²) in [4.78, 5) is 11.8. The minimum absolute atomic E-state index is 0.143. The molecule has 0 aliphatic carbocycles. The Morgan fingerprint density at radius 1 is 1.39 bits per heavy atom. The fourth-order valence-electron chi connectivity index (χ4n) is 1.73. The molecule has 0 saturated heterocycles. The van der Waals surface area contributed by atoms with Crippen LogP contribution in [0.2, 0.25) is 0 Å². The van der Waals surface area contributed by atoms with E-state index in [1.54, 1.807) is 22.9 Å². The predicted octanol–water partition coefficient (Wildman–Crippen LogP) is 2.31. The normalized spacial score (nSPS) is 9.78. The third-order valence-electron chi connectivity index (χ3n) is 2.56. The van der Waals surface area contributed by atoms with Crippen molar-refractivity contribution in [2.75, 3.05) is 5.32 Å². The van der Waals surface area contributed by atoms with Crippen molar-refractivity contribution in [3.8, 4) is 6.07 Å². The third-order valence-corrected chi connectivity index (χ3v) is 2.56. The van der Waals surface area contributed by atoms with Crippen molar-refractivity contribution in [3.63, 3.8) is 0 Å². The summed E-state index contributed by atoms with van der Waals surface area (Å²) in [6, 6.07) is 13.1. The maximum atomic E-state index is 11.8. The molecule has 0 saturated carbocycles. The zero-order chi connectivity index (χ0) is 13.0. The molecule has 90 valence electrons. The Morgan fingerprint density at radius 2 is 2.22 bits per heavy atom. The van der Waals surface area contributed by atoms with Crippen molar-refractivity contribution in [2.24, 2.45) is 0 Å². The molecule has 0 aliphatic heterocycles. The lowest BCUT2D eigenvalue weighted by molar-refractivity contribution is -0.116. The van der Waals surface area contributed by atoms with Gasteiger partial charge in [0.1, 0.15) is 18.3 Å². The van der Waals surface area contributed by atoms with Gasteiger partial charge >= 0.3 is 0 Å². The van der Waals surface area contributed by atoms with Gasteiger partial charge in [-0.1, -0.05) is 12.1 Å². The Bertz CT molecular complexity index is 607. The standard InChI is InChI=1S/C14H13N3O/c1-11-4-2-5-12(8-11)16-14(18)10-17-7-3-6-13(17)9-15/h2-8H,10H2,1H3,(H,16,18). The summed E-state index contributed by atoms with van der Waals surface area (Å²) in [5.41, 5.74) is 2.34. The third kappa shape index (κ3) is 2.77. The molecular formula is C14H13N3O. The Balaban J connectivity index is 2.04. The van der Waals surface area contributed by atoms with Crippen molar-refractivity contribution in [1.82, 2.24) is 4.57 Å². The molecule has 1 aromatic carbocycles. The highest BCUT2D eigenvalue weighted by atomic mass is 16.1. The number of nitrogens with one attached hydrogen (secondary N) is 1. The maximum absolute atomic E-state index is 11.8. The average Bonchev–Trinajstić information content (AvgIpc) is 2.76. The van der Waals surface area contributed by atoms with Crippen LogP contribution >= 0.6 is 0 Å². The summed E-state index contributed by atoms with van der Waals surface area (Å²) < 4.78 is 1.62. The second-order valence-electron chi connectivity index (χ2n) is 4.05. The summed E-state index contributed by atoms with van der Waals surface area (Å²) in [6.45, 7) is 2.11. The molecule has 0 atom stereocenters. The first-order chi connectivity index (χ1) is 8.69. The van der Waals surface area contributed by atoms with E-state index in [4.69, 9.17) is 5.26 Å². The molecular weight excluding hydrogens is 226 g/mol. The van der Waals surface area contributed by atoms with Crippen LogP contribution in [-0.2, 0) is 11.3 Å². The monoisotopic (exact) mass is 239 g/mol. The van der Waals surface area contributed by atoms with Crippen LogP contribution in [0, 0.1) is 18.3 Å². The summed E-state index contributed by atoms with van der Waals surface area (Å²) in [7, 11) is 0. The number of benzene rings is 1. The predicted molar refractivity (Wildman–Crippen MR) is 69.0 cm³/mol. The van der Waals surface area contributed by atoms with Gasteiger partial charge in [0.15, 0.2) is 0 Å². The Hall–Kier alpha value is -2.54. The van der Waals surface area contributed by atoms with Crippen molar-refractivity contribution in [1.29, 1.82) is 5.26 Å². The van der Waals surface area contributed by atoms with Gasteiger partial charge in [0, 0.05) is 11.9 Å². The first kappa shape index (κ1) is 11.9. The molecule has 0 fully saturated rings. The van der Waals surface area contributed by atoms with Crippen molar-refractivity contribution < 1.29 is 4.79 Å². The molecule has 1 aromatic heterocycles. The lowest BCUT2D eigenvalue weighted by atomic mass is 10.2. The van der Waals surface area contributed by atoms with Gasteiger partial charge in [-0.05, 0) is 36.8 Å². The smallest absolute Gasteiger partial charge is 0.244 e. The van der Waals surface area contributed by atoms with Crippen LogP contribution in [0.15, 0.2) is 42.6 Å². The number of nitriles is 1. The van der Waals surface area contributed by atoms with E-state index in [-0.39, 0.29) is 12.5 Å². The van der Waals surface area contributed by atoms with Crippen LogP contribution in [0.4, 0.5) is 5.69 Å². The van der Waals surface area contributed by atoms with Gasteiger partial charge in [0.05, 0.1) is 0 Å². The molecule has 2 rings (SSSR count). The molecule has 1 amide bonds. The quantitative estimate of drug-likeness (QED) is 0.893. The van der Waals surface area contributed by atoms with Gasteiger partial charge in [-0.25, -0.2) is 0 Å². The van der Waals surface area contributed by atoms with Crippen molar-refractivity contribution in [3.05, 3.63) is 53.9 Å². The second-order valence-corrected chi connectivity index (χ2v) is 4.05. The van der Waals surface area contributed by atoms with Crippen LogP contribution in [-0.4, -0.2) is 10.5 Å². The average molecular weight is 239 g/mol. The lowest BCUT2D eigenvalue weighted by Crippen LogP contribution is -2.19. The molecule has 0 bridgehead atoms. The fourth-order valence-corrected chi connectivity index (χ4v) is 1.73. The van der Waals surface area contributed by atoms with Gasteiger partial charge in [0.2, 0.25) is 5.91 Å². The number of hydrogen-bond donors (Lipinski definition) is 1. The van der Waals surface area contributed by atoms with E-state index in [0.717, 1.165) is 11.3 Å². The largest absolute Gasteiger partial charge is 0.330 e. The second kappa shape index (κ2) is 5.19. The number of anilines is 1. The number of rotatable bonds is 3. The van der Waals surface area contributed by atoms with E-state index in [1.165, 1.54) is 0 Å². The Kier molecular flexibility index (Phi) is 3.44. The molecule has 18 heavy (non-hydrogen) atoms. The van der Waals surface area contributed by atoms with Gasteiger partial charge < -0.3 is 9.88 Å². The molecule has 4 nitrogen and oxygen atoms in total. The van der Waals surface area contributed by atoms with E-state index >= 15 is 0 Å². The number of aryl methyl sites for hydroxylation is 1. The van der Waals surface area contributed by atoms with Crippen LogP contribution in [0.5, 0.6) is 0 Å². The lowest BCUT2D eigenvalue weighted by Gasteiger charge is -2.07. The number of carbonyl (C=O) groups excluding carboxylic acids is 1. The number of aromatic nitrogens is 1. The van der Waals surface area contributed by atoms with Crippen molar-refractivity contribution in [2.45, 2.75) is 13.5 Å². The zero-order valence-corrected chi connectivity index (χ0v) is 10.1. The first-order valence-corrected chi connectivity index (χ1v) is 5.61. The number of hydrogen-bond acceptors (Lipinski definition) is 2. The number of amides is 1. The van der Waals surface area contributed by atoms with Gasteiger partial charge in [-0.15, -0.1) is 0 Å². The molecule has 0 radical (unpaired) electrons. The van der Waals surface area contributed by atoms with E-state index in [2.05, 4.69) is 5.32 Å². The zero-order valence-electron chi connectivity index (χ0n) is 10.1. The molecule has 4 heteroatoms. The van der Waals surface area contributed by atoms with E-state index in [9.17, 15) is 4.79 Å². The van der Waals surface area contributed by atoms with Crippen LogP contribution in [0.3, 0.4) is 0 Å². The first-order valence-electron chi connectivity index (χ1n) is 5.61. The minimum atomic E-state index is -0.145. The molecule has 1 N–H and O–H groups in total. The van der Waals surface area contributed by atoms with Crippen LogP contribution < -0.4 is 5.32 Å². The van der Waals surface area contributed by atoms with Crippen LogP contribution in [0.1, 0.15) is 11.3 Å². The Morgan fingerprint density at radius 3 is 2.94 bits per heavy atom. The summed E-state index contributed by atoms with van der Waals surface area (Å²) >= 11 is 0. The molecule has 0 unspecified atom stereocenters. The summed E-state index contributed by atoms with van der Waals surface area (Å²) in [5, 5.41) is 11.6. The molecule has 0 aliphatic rings. The highest BCUT2D eigenvalue weighted by molar-refractivity contribution is 5.90. The van der Waals surface area contributed by atoms with Gasteiger partial charge in [-0.3, -0.25) is 4.79 Å². The highest BCUT2D eigenvalue weighted by Crippen LogP contribution is 2.10. The maximum Gasteiger partial charge on any atom is 0.244 e. The van der Waals surface area contributed by atoms with E-state index in [1.807, 2.05) is 37.3 Å².